The van der Waals surface area contributed by atoms with Crippen molar-refractivity contribution in [3.8, 4) is 5.88 Å². The van der Waals surface area contributed by atoms with E-state index in [-0.39, 0.29) is 35.3 Å². The molecule has 0 amide bonds. The zero-order valence-corrected chi connectivity index (χ0v) is 17.1. The summed E-state index contributed by atoms with van der Waals surface area (Å²) in [7, 11) is 0. The zero-order chi connectivity index (χ0) is 22.4. The van der Waals surface area contributed by atoms with Crippen LogP contribution in [0.4, 0.5) is 14.5 Å². The van der Waals surface area contributed by atoms with Crippen molar-refractivity contribution in [1.82, 2.24) is 9.55 Å². The molecule has 0 bridgehead atoms. The number of aromatic nitrogens is 2. The zero-order valence-electron chi connectivity index (χ0n) is 17.1. The average Bonchev–Trinajstić information content (AvgIpc) is 3.52. The van der Waals surface area contributed by atoms with Crippen LogP contribution in [0.3, 0.4) is 0 Å². The first-order valence-electron chi connectivity index (χ1n) is 10.6. The van der Waals surface area contributed by atoms with Crippen molar-refractivity contribution in [2.45, 2.75) is 37.8 Å². The van der Waals surface area contributed by atoms with Gasteiger partial charge in [-0.3, -0.25) is 4.79 Å². The molecule has 7 nitrogen and oxygen atoms in total. The number of aromatic carboxylic acids is 1. The van der Waals surface area contributed by atoms with E-state index in [2.05, 4.69) is 4.98 Å². The van der Waals surface area contributed by atoms with Crippen LogP contribution in [-0.2, 0) is 0 Å². The number of rotatable bonds is 6. The van der Waals surface area contributed by atoms with Crippen molar-refractivity contribution in [2.24, 2.45) is 0 Å². The number of carbonyl (C=O) groups is 1. The fraction of sp³-hybridized carbons (Fsp3) is 0.348. The molecule has 1 atom stereocenters. The lowest BCUT2D eigenvalue weighted by atomic mass is 10.1. The van der Waals surface area contributed by atoms with E-state index < -0.39 is 28.6 Å². The van der Waals surface area contributed by atoms with Gasteiger partial charge in [-0.1, -0.05) is 6.07 Å². The van der Waals surface area contributed by atoms with Gasteiger partial charge in [0.15, 0.2) is 5.82 Å². The molecule has 2 fully saturated rings. The molecule has 3 aromatic rings. The second-order valence-electron chi connectivity index (χ2n) is 8.20. The van der Waals surface area contributed by atoms with Crippen LogP contribution in [-0.4, -0.2) is 39.8 Å². The van der Waals surface area contributed by atoms with Gasteiger partial charge in [-0.15, -0.1) is 0 Å². The molecule has 2 aromatic heterocycles. The predicted molar refractivity (Wildman–Crippen MR) is 113 cm³/mol. The maximum absolute atomic E-state index is 15.8. The summed E-state index contributed by atoms with van der Waals surface area (Å²) in [6.45, 7) is 0.651. The molecular formula is C23H21F2N3O4. The summed E-state index contributed by atoms with van der Waals surface area (Å²) in [6, 6.07) is 5.87. The summed E-state index contributed by atoms with van der Waals surface area (Å²) in [5, 5.41) is 9.12. The van der Waals surface area contributed by atoms with Crippen molar-refractivity contribution in [2.75, 3.05) is 18.1 Å². The first-order chi connectivity index (χ1) is 15.5. The molecule has 1 aliphatic heterocycles. The molecule has 0 spiro atoms. The quantitative estimate of drug-likeness (QED) is 0.627. The molecule has 1 N–H and O–H groups in total. The van der Waals surface area contributed by atoms with Gasteiger partial charge in [-0.05, 0) is 37.8 Å². The Morgan fingerprint density at radius 2 is 2.06 bits per heavy atom. The molecule has 0 unspecified atom stereocenters. The van der Waals surface area contributed by atoms with E-state index in [1.54, 1.807) is 29.3 Å². The summed E-state index contributed by atoms with van der Waals surface area (Å²) in [6.07, 6.45) is 5.70. The van der Waals surface area contributed by atoms with Gasteiger partial charge in [0.25, 0.3) is 0 Å². The van der Waals surface area contributed by atoms with Gasteiger partial charge in [-0.25, -0.2) is 18.6 Å². The van der Waals surface area contributed by atoms with E-state index in [1.807, 2.05) is 0 Å². The highest BCUT2D eigenvalue weighted by atomic mass is 19.1. The highest BCUT2D eigenvalue weighted by Crippen LogP contribution is 2.40. The molecule has 1 aromatic carbocycles. The van der Waals surface area contributed by atoms with Gasteiger partial charge < -0.3 is 19.3 Å². The Hall–Kier alpha value is -3.49. The minimum Gasteiger partial charge on any atom is -0.477 e. The molecule has 1 saturated heterocycles. The maximum atomic E-state index is 15.8. The van der Waals surface area contributed by atoms with Gasteiger partial charge in [0.1, 0.15) is 23.7 Å². The van der Waals surface area contributed by atoms with E-state index in [1.165, 1.54) is 10.8 Å². The second-order valence-corrected chi connectivity index (χ2v) is 8.20. The fourth-order valence-corrected chi connectivity index (χ4v) is 4.41. The summed E-state index contributed by atoms with van der Waals surface area (Å²) < 4.78 is 38.2. The van der Waals surface area contributed by atoms with E-state index in [4.69, 9.17) is 4.74 Å². The predicted octanol–water partition coefficient (Wildman–Crippen LogP) is 3.76. The first-order valence-corrected chi connectivity index (χ1v) is 10.6. The van der Waals surface area contributed by atoms with Crippen LogP contribution in [0, 0.1) is 11.6 Å². The molecule has 32 heavy (non-hydrogen) atoms. The van der Waals surface area contributed by atoms with Crippen LogP contribution < -0.4 is 15.1 Å². The summed E-state index contributed by atoms with van der Waals surface area (Å²) in [5.41, 5.74) is -1.62. The molecule has 1 aliphatic carbocycles. The van der Waals surface area contributed by atoms with Gasteiger partial charge in [-0.2, -0.15) is 0 Å². The third-order valence-corrected chi connectivity index (χ3v) is 6.08. The summed E-state index contributed by atoms with van der Waals surface area (Å²) >= 11 is 0. The van der Waals surface area contributed by atoms with Gasteiger partial charge >= 0.3 is 5.97 Å². The monoisotopic (exact) mass is 441 g/mol. The molecule has 2 aliphatic rings. The number of fused-ring (bicyclic) bond motifs is 1. The number of hydrogen-bond donors (Lipinski definition) is 1. The van der Waals surface area contributed by atoms with E-state index >= 15 is 8.78 Å². The molecule has 1 saturated carbocycles. The molecular weight excluding hydrogens is 420 g/mol. The Morgan fingerprint density at radius 1 is 1.25 bits per heavy atom. The SMILES string of the molecule is O=C(O)c1cn(C2CC2)c2c(F)c(N3CCC[C@@H]3COc3ccccn3)c(F)cc2c1=O. The Balaban J connectivity index is 1.58. The summed E-state index contributed by atoms with van der Waals surface area (Å²) in [5.74, 6) is -2.71. The van der Waals surface area contributed by atoms with Crippen molar-refractivity contribution in [3.63, 3.8) is 0 Å². The van der Waals surface area contributed by atoms with E-state index in [9.17, 15) is 14.7 Å². The third-order valence-electron chi connectivity index (χ3n) is 6.08. The number of hydrogen-bond acceptors (Lipinski definition) is 5. The Labute approximate surface area is 181 Å². The van der Waals surface area contributed by atoms with Crippen LogP contribution in [0.2, 0.25) is 0 Å². The van der Waals surface area contributed by atoms with E-state index in [0.29, 0.717) is 18.8 Å². The van der Waals surface area contributed by atoms with Gasteiger partial charge in [0, 0.05) is 31.0 Å². The maximum Gasteiger partial charge on any atom is 0.341 e. The number of ether oxygens (including phenoxy) is 1. The van der Waals surface area contributed by atoms with Crippen molar-refractivity contribution in [3.05, 3.63) is 64.1 Å². The minimum atomic E-state index is -1.41. The molecule has 9 heteroatoms. The van der Waals surface area contributed by atoms with Crippen LogP contribution in [0.25, 0.3) is 10.9 Å². The number of benzene rings is 1. The van der Waals surface area contributed by atoms with Gasteiger partial charge in [0.05, 0.1) is 16.9 Å². The molecule has 3 heterocycles. The number of nitrogens with zero attached hydrogens (tertiary/aromatic N) is 3. The molecule has 166 valence electrons. The Bertz CT molecular complexity index is 1260. The highest BCUT2D eigenvalue weighted by Gasteiger charge is 2.34. The largest absolute Gasteiger partial charge is 0.477 e. The lowest BCUT2D eigenvalue weighted by Gasteiger charge is -2.28. The topological polar surface area (TPSA) is 84.7 Å². The molecule has 0 radical (unpaired) electrons. The van der Waals surface area contributed by atoms with Crippen LogP contribution in [0.5, 0.6) is 5.88 Å². The van der Waals surface area contributed by atoms with Crippen LogP contribution in [0.15, 0.2) is 41.5 Å². The lowest BCUT2D eigenvalue weighted by molar-refractivity contribution is 0.0694. The van der Waals surface area contributed by atoms with Crippen molar-refractivity contribution in [1.29, 1.82) is 0 Å². The van der Waals surface area contributed by atoms with Crippen LogP contribution in [0.1, 0.15) is 42.1 Å². The van der Waals surface area contributed by atoms with Crippen molar-refractivity contribution < 1.29 is 23.4 Å². The normalized spacial score (nSPS) is 18.3. The number of carboxylic acids is 1. The van der Waals surface area contributed by atoms with E-state index in [0.717, 1.165) is 25.3 Å². The number of halogens is 2. The Kier molecular flexibility index (Phi) is 5.03. The third kappa shape index (κ3) is 3.47. The van der Waals surface area contributed by atoms with Crippen molar-refractivity contribution >= 4 is 22.6 Å². The minimum absolute atomic E-state index is 0.0461. The first kappa shape index (κ1) is 20.4. The highest BCUT2D eigenvalue weighted by molar-refractivity contribution is 5.94. The number of anilines is 1. The standard InChI is InChI=1S/C23H21F2N3O4/c24-17-10-15-20(28(13-6-7-13)11-16(22(15)29)23(30)31)19(25)21(17)27-9-3-4-14(27)12-32-18-5-1-2-8-26-18/h1-2,5,8,10-11,13-14H,3-4,6-7,9,12H2,(H,30,31)/t14-/m1/s1. The summed E-state index contributed by atoms with van der Waals surface area (Å²) in [4.78, 5) is 29.9. The Morgan fingerprint density at radius 3 is 2.75 bits per heavy atom. The number of pyridine rings is 2. The average molecular weight is 441 g/mol. The van der Waals surface area contributed by atoms with Gasteiger partial charge in [0.2, 0.25) is 11.3 Å². The smallest absolute Gasteiger partial charge is 0.341 e. The van der Waals surface area contributed by atoms with Crippen LogP contribution >= 0.6 is 0 Å². The second kappa shape index (κ2) is 7.89. The lowest BCUT2D eigenvalue weighted by Crippen LogP contribution is -2.36. The number of carboxylic acid groups (broad SMARTS) is 1. The molecule has 5 rings (SSSR count). The fourth-order valence-electron chi connectivity index (χ4n) is 4.41.